The predicted octanol–water partition coefficient (Wildman–Crippen LogP) is 7.17. The van der Waals surface area contributed by atoms with Crippen molar-refractivity contribution in [1.82, 2.24) is 5.32 Å². The van der Waals surface area contributed by atoms with Gasteiger partial charge in [0.2, 0.25) is 0 Å². The molecule has 0 atom stereocenters. The Hall–Kier alpha value is -2.72. The molecule has 0 saturated carbocycles. The van der Waals surface area contributed by atoms with Crippen molar-refractivity contribution in [1.29, 1.82) is 0 Å². The minimum Gasteiger partial charge on any atom is -0.380 e. The van der Waals surface area contributed by atoms with Gasteiger partial charge in [0.1, 0.15) is 0 Å². The Bertz CT molecular complexity index is 1030. The van der Waals surface area contributed by atoms with Crippen LogP contribution in [0.2, 0.25) is 0 Å². The quantitative estimate of drug-likeness (QED) is 0.224. The lowest BCUT2D eigenvalue weighted by Crippen LogP contribution is -2.33. The highest BCUT2D eigenvalue weighted by molar-refractivity contribution is 5.95. The maximum absolute atomic E-state index is 12.4. The van der Waals surface area contributed by atoms with Crippen LogP contribution < -0.4 is 15.8 Å². The van der Waals surface area contributed by atoms with E-state index in [0.29, 0.717) is 19.8 Å². The molecule has 2 aromatic carbocycles. The van der Waals surface area contributed by atoms with Crippen LogP contribution in [0.25, 0.3) is 12.7 Å². The van der Waals surface area contributed by atoms with Crippen molar-refractivity contribution in [3.05, 3.63) is 69.1 Å². The number of carbonyl (C=O) groups excluding carboxylic acids is 2. The molecule has 0 fully saturated rings. The van der Waals surface area contributed by atoms with Crippen LogP contribution >= 0.6 is 0 Å². The van der Waals surface area contributed by atoms with Gasteiger partial charge in [0, 0.05) is 24.3 Å². The molecule has 0 aliphatic carbocycles. The Morgan fingerprint density at radius 3 is 2.08 bits per heavy atom. The number of ketones is 1. The lowest BCUT2D eigenvalue weighted by atomic mass is 9.93. The molecule has 0 aliphatic heterocycles. The number of carbonyl (C=O) groups is 2. The van der Waals surface area contributed by atoms with E-state index in [1.165, 1.54) is 37.7 Å². The predicted molar refractivity (Wildman–Crippen MR) is 164 cm³/mol. The fourth-order valence-corrected chi connectivity index (χ4v) is 4.29. The average Bonchev–Trinajstić information content (AvgIpc) is 2.90. The second-order valence-corrected chi connectivity index (χ2v) is 9.41. The standard InChI is InChI=1S/C23H37NO2.C9H10O.C2H6/c1-6-10-20(11-7-2)12-9-13-21-18(4)14-15-22(19(21)5)23(25)24-16-17-26-8-3;1-7-3-5-9(6-4-7)8(2)10;1-2/h13-15,20H,4,6-12,16-17H2,1-3,5H3,(H,24,25);3-6H,1-2H3;1-2H3/b21-13+;;. The second kappa shape index (κ2) is 21.2. The summed E-state index contributed by atoms with van der Waals surface area (Å²) in [6, 6.07) is 11.4. The summed E-state index contributed by atoms with van der Waals surface area (Å²) in [4.78, 5) is 23.2. The molecule has 2 rings (SSSR count). The third-order valence-corrected chi connectivity index (χ3v) is 6.36. The lowest BCUT2D eigenvalue weighted by molar-refractivity contribution is 0.0921. The number of ether oxygens (including phenoxy) is 1. The Morgan fingerprint density at radius 2 is 1.55 bits per heavy atom. The van der Waals surface area contributed by atoms with Crippen LogP contribution in [0.1, 0.15) is 112 Å². The first-order valence-corrected chi connectivity index (χ1v) is 14.5. The van der Waals surface area contributed by atoms with Gasteiger partial charge in [-0.05, 0) is 68.5 Å². The van der Waals surface area contributed by atoms with Gasteiger partial charge in [0.05, 0.1) is 6.61 Å². The molecule has 4 nitrogen and oxygen atoms in total. The minimum atomic E-state index is -0.0355. The first kappa shape index (κ1) is 35.3. The lowest BCUT2D eigenvalue weighted by Gasteiger charge is -2.13. The number of hydrogen-bond donors (Lipinski definition) is 1. The molecular formula is C34H53NO3. The number of nitrogens with one attached hydrogen (secondary N) is 1. The number of rotatable bonds is 13. The van der Waals surface area contributed by atoms with Gasteiger partial charge < -0.3 is 10.1 Å². The molecule has 0 bridgehead atoms. The van der Waals surface area contributed by atoms with E-state index in [9.17, 15) is 9.59 Å². The van der Waals surface area contributed by atoms with Crippen LogP contribution in [-0.2, 0) is 4.74 Å². The van der Waals surface area contributed by atoms with Crippen molar-refractivity contribution in [3.8, 4) is 0 Å². The molecule has 212 valence electrons. The SMILES string of the molecule is C=c1ccc(C(=O)NCCOCC)c(C)/c1=C/CCC(CCC)CCC.CC.CC(=O)c1ccc(C)cc1. The maximum atomic E-state index is 12.4. The van der Waals surface area contributed by atoms with Crippen molar-refractivity contribution in [2.45, 2.75) is 93.9 Å². The fraction of sp³-hybridized carbons (Fsp3) is 0.529. The monoisotopic (exact) mass is 523 g/mol. The topological polar surface area (TPSA) is 55.4 Å². The summed E-state index contributed by atoms with van der Waals surface area (Å²) in [5.74, 6) is 0.895. The zero-order chi connectivity index (χ0) is 28.9. The summed E-state index contributed by atoms with van der Waals surface area (Å²) in [7, 11) is 0. The third kappa shape index (κ3) is 13.7. The van der Waals surface area contributed by atoms with E-state index in [4.69, 9.17) is 4.74 Å². The van der Waals surface area contributed by atoms with E-state index >= 15 is 0 Å². The van der Waals surface area contributed by atoms with Crippen LogP contribution in [0, 0.1) is 19.8 Å². The fourth-order valence-electron chi connectivity index (χ4n) is 4.29. The summed E-state index contributed by atoms with van der Waals surface area (Å²) >= 11 is 0. The van der Waals surface area contributed by atoms with Crippen LogP contribution in [0.15, 0.2) is 36.4 Å². The van der Waals surface area contributed by atoms with Crippen LogP contribution in [0.3, 0.4) is 0 Å². The molecule has 4 heteroatoms. The molecule has 1 N–H and O–H groups in total. The van der Waals surface area contributed by atoms with Gasteiger partial charge in [0.15, 0.2) is 5.78 Å². The Labute approximate surface area is 232 Å². The number of hydrogen-bond acceptors (Lipinski definition) is 3. The van der Waals surface area contributed by atoms with Gasteiger partial charge in [-0.15, -0.1) is 0 Å². The van der Waals surface area contributed by atoms with Crippen molar-refractivity contribution >= 4 is 24.3 Å². The molecule has 0 unspecified atom stereocenters. The van der Waals surface area contributed by atoms with Gasteiger partial charge in [-0.2, -0.15) is 0 Å². The highest BCUT2D eigenvalue weighted by Crippen LogP contribution is 2.19. The molecule has 0 saturated heterocycles. The van der Waals surface area contributed by atoms with Gasteiger partial charge in [0.25, 0.3) is 5.91 Å². The number of amides is 1. The zero-order valence-corrected chi connectivity index (χ0v) is 25.4. The highest BCUT2D eigenvalue weighted by Gasteiger charge is 2.10. The molecule has 0 aromatic heterocycles. The van der Waals surface area contributed by atoms with Crippen molar-refractivity contribution in [3.63, 3.8) is 0 Å². The van der Waals surface area contributed by atoms with Gasteiger partial charge in [-0.25, -0.2) is 0 Å². The van der Waals surface area contributed by atoms with Crippen LogP contribution in [0.4, 0.5) is 0 Å². The normalized spacial score (nSPS) is 10.8. The molecule has 0 spiro atoms. The van der Waals surface area contributed by atoms with Crippen LogP contribution in [-0.4, -0.2) is 31.4 Å². The molecule has 0 aliphatic rings. The molecule has 38 heavy (non-hydrogen) atoms. The third-order valence-electron chi connectivity index (χ3n) is 6.36. The Kier molecular flexibility index (Phi) is 19.7. The summed E-state index contributed by atoms with van der Waals surface area (Å²) in [5.41, 5.74) is 3.73. The molecule has 2 aromatic rings. The van der Waals surface area contributed by atoms with Gasteiger partial charge >= 0.3 is 0 Å². The van der Waals surface area contributed by atoms with E-state index < -0.39 is 0 Å². The molecule has 0 radical (unpaired) electrons. The summed E-state index contributed by atoms with van der Waals surface area (Å²) < 4.78 is 5.28. The first-order valence-electron chi connectivity index (χ1n) is 14.5. The van der Waals surface area contributed by atoms with Crippen molar-refractivity contribution < 1.29 is 14.3 Å². The van der Waals surface area contributed by atoms with E-state index in [-0.39, 0.29) is 11.7 Å². The maximum Gasteiger partial charge on any atom is 0.251 e. The summed E-state index contributed by atoms with van der Waals surface area (Å²) in [5, 5.41) is 5.05. The smallest absolute Gasteiger partial charge is 0.251 e. The number of aryl methyl sites for hydroxylation is 1. The van der Waals surface area contributed by atoms with Gasteiger partial charge in [-0.1, -0.05) is 102 Å². The van der Waals surface area contributed by atoms with E-state index in [2.05, 4.69) is 31.8 Å². The van der Waals surface area contributed by atoms with Crippen molar-refractivity contribution in [2.75, 3.05) is 19.8 Å². The molecule has 1 amide bonds. The molecule has 0 heterocycles. The summed E-state index contributed by atoms with van der Waals surface area (Å²) in [6.07, 6.45) is 9.64. The van der Waals surface area contributed by atoms with Crippen molar-refractivity contribution in [2.24, 2.45) is 5.92 Å². The van der Waals surface area contributed by atoms with E-state index in [0.717, 1.165) is 39.5 Å². The largest absolute Gasteiger partial charge is 0.380 e. The minimum absolute atomic E-state index is 0.0355. The average molecular weight is 524 g/mol. The molecular weight excluding hydrogens is 470 g/mol. The summed E-state index contributed by atoms with van der Waals surface area (Å²) in [6.45, 7) is 22.0. The first-order chi connectivity index (χ1) is 18.2. The Balaban J connectivity index is 0.000000944. The van der Waals surface area contributed by atoms with Gasteiger partial charge in [-0.3, -0.25) is 9.59 Å². The second-order valence-electron chi connectivity index (χ2n) is 9.41. The zero-order valence-electron chi connectivity index (χ0n) is 25.4. The number of benzene rings is 2. The van der Waals surface area contributed by atoms with Crippen LogP contribution in [0.5, 0.6) is 0 Å². The Morgan fingerprint density at radius 1 is 0.947 bits per heavy atom. The van der Waals surface area contributed by atoms with E-state index in [1.807, 2.05) is 71.0 Å². The highest BCUT2D eigenvalue weighted by atomic mass is 16.5. The van der Waals surface area contributed by atoms with E-state index in [1.54, 1.807) is 6.92 Å². The number of Topliss-reactive ketones (excluding diaryl/α,β-unsaturated/α-hetero) is 1.